The highest BCUT2D eigenvalue weighted by Crippen LogP contribution is 2.18. The van der Waals surface area contributed by atoms with Crippen molar-refractivity contribution in [3.8, 4) is 0 Å². The number of amides is 2. The first kappa shape index (κ1) is 18.8. The Balaban J connectivity index is 2.03. The molecule has 0 aliphatic heterocycles. The molecule has 2 rings (SSSR count). The van der Waals surface area contributed by atoms with Gasteiger partial charge >= 0.3 is 0 Å². The van der Waals surface area contributed by atoms with Crippen molar-refractivity contribution >= 4 is 23.4 Å². The number of rotatable bonds is 6. The lowest BCUT2D eigenvalue weighted by Gasteiger charge is -2.31. The summed E-state index contributed by atoms with van der Waals surface area (Å²) in [6, 6.07) is 7.17. The third kappa shape index (κ3) is 5.23. The maximum Gasteiger partial charge on any atom is 0.242 e. The topological polar surface area (TPSA) is 49.4 Å². The number of benzene rings is 1. The summed E-state index contributed by atoms with van der Waals surface area (Å²) in [7, 11) is 0. The summed E-state index contributed by atoms with van der Waals surface area (Å²) in [5, 5.41) is 3.78. The average Bonchev–Trinajstić information content (AvgIpc) is 2.61. The molecule has 0 spiro atoms. The van der Waals surface area contributed by atoms with E-state index in [9.17, 15) is 9.59 Å². The molecule has 0 heterocycles. The molecule has 5 heteroatoms. The Hall–Kier alpha value is -1.55. The number of halogens is 1. The summed E-state index contributed by atoms with van der Waals surface area (Å²) in [4.78, 5) is 26.6. The molecule has 1 aliphatic carbocycles. The number of nitrogens with zero attached hydrogens (tertiary/aromatic N) is 1. The maximum atomic E-state index is 12.6. The van der Waals surface area contributed by atoms with Crippen molar-refractivity contribution in [2.24, 2.45) is 0 Å². The molecule has 1 aromatic carbocycles. The molecular weight excluding hydrogens is 324 g/mol. The van der Waals surface area contributed by atoms with Crippen LogP contribution >= 0.6 is 11.6 Å². The summed E-state index contributed by atoms with van der Waals surface area (Å²) in [6.07, 6.45) is 6.05. The molecule has 1 fully saturated rings. The van der Waals surface area contributed by atoms with Gasteiger partial charge in [-0.3, -0.25) is 9.59 Å². The lowest BCUT2D eigenvalue weighted by atomic mass is 9.95. The summed E-state index contributed by atoms with van der Waals surface area (Å²) in [6.45, 7) is 4.05. The van der Waals surface area contributed by atoms with Crippen molar-refractivity contribution in [2.75, 3.05) is 0 Å². The van der Waals surface area contributed by atoms with Crippen LogP contribution < -0.4 is 5.32 Å². The highest BCUT2D eigenvalue weighted by molar-refractivity contribution is 6.30. The fourth-order valence-corrected chi connectivity index (χ4v) is 3.27. The van der Waals surface area contributed by atoms with Crippen LogP contribution in [0.2, 0.25) is 5.02 Å². The van der Waals surface area contributed by atoms with Gasteiger partial charge in [0.05, 0.1) is 0 Å². The Morgan fingerprint density at radius 3 is 2.42 bits per heavy atom. The van der Waals surface area contributed by atoms with Gasteiger partial charge in [-0.1, -0.05) is 49.9 Å². The molecule has 0 bridgehead atoms. The SMILES string of the molecule is CCC(=O)N(Cc1ccc(Cl)cc1)[C@H](C)C(=O)NC1CCCCC1. The number of carbonyl (C=O) groups excluding carboxylic acids is 2. The molecule has 2 amide bonds. The number of hydrogen-bond donors (Lipinski definition) is 1. The Bertz CT molecular complexity index is 553. The summed E-state index contributed by atoms with van der Waals surface area (Å²) in [5.74, 6) is -0.0751. The van der Waals surface area contributed by atoms with Gasteiger partial charge in [-0.15, -0.1) is 0 Å². The molecule has 24 heavy (non-hydrogen) atoms. The number of carbonyl (C=O) groups is 2. The largest absolute Gasteiger partial charge is 0.352 e. The van der Waals surface area contributed by atoms with E-state index in [0.29, 0.717) is 18.0 Å². The molecule has 0 unspecified atom stereocenters. The molecular formula is C19H27ClN2O2. The number of hydrogen-bond acceptors (Lipinski definition) is 2. The zero-order chi connectivity index (χ0) is 17.5. The molecule has 1 aromatic rings. The second kappa shape index (κ2) is 9.07. The first-order valence-corrected chi connectivity index (χ1v) is 9.23. The molecule has 0 aromatic heterocycles. The summed E-state index contributed by atoms with van der Waals surface area (Å²) >= 11 is 5.91. The van der Waals surface area contributed by atoms with Crippen LogP contribution in [0.3, 0.4) is 0 Å². The predicted molar refractivity (Wildman–Crippen MR) is 96.8 cm³/mol. The van der Waals surface area contributed by atoms with Crippen molar-refractivity contribution in [1.82, 2.24) is 10.2 Å². The van der Waals surface area contributed by atoms with Crippen molar-refractivity contribution in [1.29, 1.82) is 0 Å². The molecule has 0 saturated heterocycles. The highest BCUT2D eigenvalue weighted by atomic mass is 35.5. The molecule has 0 radical (unpaired) electrons. The van der Waals surface area contributed by atoms with Gasteiger partial charge in [-0.05, 0) is 37.5 Å². The normalized spacial score (nSPS) is 16.5. The van der Waals surface area contributed by atoms with Crippen molar-refractivity contribution in [2.45, 2.75) is 71.0 Å². The van der Waals surface area contributed by atoms with E-state index in [1.165, 1.54) is 19.3 Å². The Kier molecular flexibility index (Phi) is 7.10. The van der Waals surface area contributed by atoms with E-state index in [1.807, 2.05) is 26.0 Å². The Morgan fingerprint density at radius 2 is 1.83 bits per heavy atom. The monoisotopic (exact) mass is 350 g/mol. The van der Waals surface area contributed by atoms with E-state index in [-0.39, 0.29) is 17.9 Å². The van der Waals surface area contributed by atoms with E-state index in [2.05, 4.69) is 5.32 Å². The van der Waals surface area contributed by atoms with Crippen LogP contribution in [0.15, 0.2) is 24.3 Å². The van der Waals surface area contributed by atoms with Crippen molar-refractivity contribution < 1.29 is 9.59 Å². The Labute approximate surface area is 149 Å². The van der Waals surface area contributed by atoms with Crippen LogP contribution in [-0.4, -0.2) is 28.8 Å². The zero-order valence-corrected chi connectivity index (χ0v) is 15.3. The van der Waals surface area contributed by atoms with Gasteiger partial charge in [0, 0.05) is 24.0 Å². The Morgan fingerprint density at radius 1 is 1.21 bits per heavy atom. The molecule has 1 N–H and O–H groups in total. The van der Waals surface area contributed by atoms with Gasteiger partial charge in [0.1, 0.15) is 6.04 Å². The first-order chi connectivity index (χ1) is 11.5. The average molecular weight is 351 g/mol. The lowest BCUT2D eigenvalue weighted by molar-refractivity contribution is -0.140. The fourth-order valence-electron chi connectivity index (χ4n) is 3.14. The van der Waals surface area contributed by atoms with E-state index >= 15 is 0 Å². The van der Waals surface area contributed by atoms with Gasteiger partial charge in [0.2, 0.25) is 11.8 Å². The van der Waals surface area contributed by atoms with E-state index in [4.69, 9.17) is 11.6 Å². The second-order valence-corrected chi connectivity index (χ2v) is 6.96. The van der Waals surface area contributed by atoms with Crippen LogP contribution in [0.5, 0.6) is 0 Å². The van der Waals surface area contributed by atoms with Crippen molar-refractivity contribution in [3.05, 3.63) is 34.9 Å². The third-order valence-electron chi connectivity index (χ3n) is 4.69. The number of nitrogens with one attached hydrogen (secondary N) is 1. The third-order valence-corrected chi connectivity index (χ3v) is 4.94. The molecule has 4 nitrogen and oxygen atoms in total. The lowest BCUT2D eigenvalue weighted by Crippen LogP contribution is -2.50. The zero-order valence-electron chi connectivity index (χ0n) is 14.6. The van der Waals surface area contributed by atoms with Gasteiger partial charge in [0.15, 0.2) is 0 Å². The van der Waals surface area contributed by atoms with Gasteiger partial charge in [-0.2, -0.15) is 0 Å². The van der Waals surface area contributed by atoms with Gasteiger partial charge in [-0.25, -0.2) is 0 Å². The van der Waals surface area contributed by atoms with Crippen LogP contribution in [0.4, 0.5) is 0 Å². The molecule has 132 valence electrons. The smallest absolute Gasteiger partial charge is 0.242 e. The van der Waals surface area contributed by atoms with Crippen molar-refractivity contribution in [3.63, 3.8) is 0 Å². The first-order valence-electron chi connectivity index (χ1n) is 8.85. The minimum absolute atomic E-state index is 0.0174. The molecule has 1 saturated carbocycles. The standard InChI is InChI=1S/C19H27ClN2O2/c1-3-18(23)22(13-15-9-11-16(20)12-10-15)14(2)19(24)21-17-7-5-4-6-8-17/h9-12,14,17H,3-8,13H2,1-2H3,(H,21,24)/t14-/m1/s1. The van der Waals surface area contributed by atoms with E-state index < -0.39 is 6.04 Å². The van der Waals surface area contributed by atoms with Crippen LogP contribution in [0.25, 0.3) is 0 Å². The molecule has 1 atom stereocenters. The van der Waals surface area contributed by atoms with E-state index in [1.54, 1.807) is 17.0 Å². The highest BCUT2D eigenvalue weighted by Gasteiger charge is 2.27. The van der Waals surface area contributed by atoms with Crippen LogP contribution in [-0.2, 0) is 16.1 Å². The quantitative estimate of drug-likeness (QED) is 0.845. The van der Waals surface area contributed by atoms with Crippen LogP contribution in [0, 0.1) is 0 Å². The minimum atomic E-state index is -0.477. The van der Waals surface area contributed by atoms with E-state index in [0.717, 1.165) is 18.4 Å². The summed E-state index contributed by atoms with van der Waals surface area (Å²) in [5.41, 5.74) is 0.971. The summed E-state index contributed by atoms with van der Waals surface area (Å²) < 4.78 is 0. The van der Waals surface area contributed by atoms with Gasteiger partial charge in [0.25, 0.3) is 0 Å². The fraction of sp³-hybridized carbons (Fsp3) is 0.579. The molecule has 1 aliphatic rings. The second-order valence-electron chi connectivity index (χ2n) is 6.52. The maximum absolute atomic E-state index is 12.6. The minimum Gasteiger partial charge on any atom is -0.352 e. The van der Waals surface area contributed by atoms with Crippen LogP contribution in [0.1, 0.15) is 57.9 Å². The predicted octanol–water partition coefficient (Wildman–Crippen LogP) is 3.92. The van der Waals surface area contributed by atoms with Gasteiger partial charge < -0.3 is 10.2 Å².